The lowest BCUT2D eigenvalue weighted by atomic mass is 9.88. The number of halogens is 2. The summed E-state index contributed by atoms with van der Waals surface area (Å²) >= 11 is 0. The van der Waals surface area contributed by atoms with Crippen molar-refractivity contribution in [2.24, 2.45) is 0 Å². The van der Waals surface area contributed by atoms with Crippen molar-refractivity contribution in [1.29, 1.82) is 0 Å². The second-order valence-corrected chi connectivity index (χ2v) is 8.43. The number of aromatic nitrogens is 1. The van der Waals surface area contributed by atoms with Gasteiger partial charge in [-0.25, -0.2) is 18.6 Å². The van der Waals surface area contributed by atoms with Gasteiger partial charge in [0.25, 0.3) is 5.92 Å². The number of nitrogen functional groups attached to an aromatic ring is 1. The summed E-state index contributed by atoms with van der Waals surface area (Å²) in [4.78, 5) is 17.8. The van der Waals surface area contributed by atoms with Crippen LogP contribution >= 0.6 is 0 Å². The lowest BCUT2D eigenvalue weighted by Gasteiger charge is -2.39. The maximum Gasteiger partial charge on any atom is 0.410 e. The van der Waals surface area contributed by atoms with E-state index in [1.807, 2.05) is 30.3 Å². The van der Waals surface area contributed by atoms with Gasteiger partial charge in [0.1, 0.15) is 12.2 Å². The van der Waals surface area contributed by atoms with Crippen LogP contribution in [0, 0.1) is 0 Å². The quantitative estimate of drug-likeness (QED) is 0.784. The van der Waals surface area contributed by atoms with Crippen LogP contribution < -0.4 is 10.5 Å². The summed E-state index contributed by atoms with van der Waals surface area (Å²) < 4.78 is 40.3. The minimum absolute atomic E-state index is 0.0698. The van der Waals surface area contributed by atoms with Crippen molar-refractivity contribution < 1.29 is 23.0 Å². The topological polar surface area (TPSA) is 77.7 Å². The number of hydrogen-bond acceptors (Lipinski definition) is 5. The molecule has 1 aliphatic rings. The Morgan fingerprint density at radius 3 is 2.63 bits per heavy atom. The van der Waals surface area contributed by atoms with Crippen molar-refractivity contribution in [2.45, 2.75) is 51.2 Å². The fourth-order valence-electron chi connectivity index (χ4n) is 3.27. The molecular formula is C22H27F2N3O3. The maximum absolute atomic E-state index is 14.7. The molecule has 1 aromatic heterocycles. The van der Waals surface area contributed by atoms with Crippen LogP contribution in [0.4, 0.5) is 19.3 Å². The summed E-state index contributed by atoms with van der Waals surface area (Å²) in [6, 6.07) is 10.9. The Kier molecular flexibility index (Phi) is 6.14. The van der Waals surface area contributed by atoms with Crippen LogP contribution in [0.3, 0.4) is 0 Å². The van der Waals surface area contributed by atoms with Crippen molar-refractivity contribution in [1.82, 2.24) is 9.88 Å². The first-order valence-corrected chi connectivity index (χ1v) is 9.83. The lowest BCUT2D eigenvalue weighted by Crippen LogP contribution is -2.49. The molecule has 0 bridgehead atoms. The third kappa shape index (κ3) is 5.37. The normalized spacial score (nSPS) is 18.7. The van der Waals surface area contributed by atoms with Crippen molar-refractivity contribution in [3.63, 3.8) is 0 Å². The highest BCUT2D eigenvalue weighted by molar-refractivity contribution is 5.68. The van der Waals surface area contributed by atoms with E-state index in [0.29, 0.717) is 0 Å². The number of nitrogens with two attached hydrogens (primary N) is 1. The van der Waals surface area contributed by atoms with Gasteiger partial charge in [-0.2, -0.15) is 0 Å². The number of ether oxygens (including phenoxy) is 2. The van der Waals surface area contributed by atoms with Crippen LogP contribution in [0.5, 0.6) is 5.88 Å². The van der Waals surface area contributed by atoms with Gasteiger partial charge in [0, 0.05) is 25.7 Å². The Morgan fingerprint density at radius 2 is 2.00 bits per heavy atom. The van der Waals surface area contributed by atoms with E-state index in [9.17, 15) is 13.6 Å². The number of pyridine rings is 1. The fourth-order valence-corrected chi connectivity index (χ4v) is 3.27. The highest BCUT2D eigenvalue weighted by Crippen LogP contribution is 2.41. The first kappa shape index (κ1) is 21.8. The molecule has 6 nitrogen and oxygen atoms in total. The maximum atomic E-state index is 14.7. The Hall–Kier alpha value is -2.90. The molecule has 2 aromatic rings. The summed E-state index contributed by atoms with van der Waals surface area (Å²) in [5.74, 6) is -4.03. The highest BCUT2D eigenvalue weighted by Gasteiger charge is 2.47. The molecule has 1 aliphatic heterocycles. The van der Waals surface area contributed by atoms with Crippen LogP contribution in [0.1, 0.15) is 44.2 Å². The zero-order valence-electron chi connectivity index (χ0n) is 17.4. The summed E-state index contributed by atoms with van der Waals surface area (Å²) in [5, 5.41) is 0. The van der Waals surface area contributed by atoms with Crippen molar-refractivity contribution in [3.8, 4) is 5.88 Å². The number of rotatable bonds is 4. The van der Waals surface area contributed by atoms with Gasteiger partial charge in [0.05, 0.1) is 11.6 Å². The molecule has 1 unspecified atom stereocenters. The molecule has 0 aliphatic carbocycles. The van der Waals surface area contributed by atoms with Gasteiger partial charge >= 0.3 is 6.09 Å². The Balaban J connectivity index is 1.73. The number of alkyl halides is 2. The number of anilines is 1. The van der Waals surface area contributed by atoms with Gasteiger partial charge in [-0.3, -0.25) is 0 Å². The van der Waals surface area contributed by atoms with Crippen molar-refractivity contribution >= 4 is 11.8 Å². The second kappa shape index (κ2) is 8.45. The van der Waals surface area contributed by atoms with E-state index >= 15 is 0 Å². The number of likely N-dealkylation sites (tertiary alicyclic amines) is 1. The average Bonchev–Trinajstić information content (AvgIpc) is 2.66. The molecule has 3 rings (SSSR count). The standard InChI is InChI=1S/C22H27F2N3O3/c1-21(2,3)30-20(28)27-10-9-22(23,24)17(13-27)16-11-18(25)19(26-12-16)29-14-15-7-5-4-6-8-15/h4-8,11-12,17H,9-10,13-14,25H2,1-3H3. The SMILES string of the molecule is CC(C)(C)OC(=O)N1CCC(F)(F)C(c2cnc(OCc3ccccc3)c(N)c2)C1. The van der Waals surface area contributed by atoms with E-state index < -0.39 is 30.0 Å². The third-order valence-corrected chi connectivity index (χ3v) is 4.80. The van der Waals surface area contributed by atoms with Crippen molar-refractivity contribution in [2.75, 3.05) is 18.8 Å². The zero-order chi connectivity index (χ0) is 21.9. The first-order valence-electron chi connectivity index (χ1n) is 9.83. The van der Waals surface area contributed by atoms with Crippen LogP contribution in [0.2, 0.25) is 0 Å². The van der Waals surface area contributed by atoms with Gasteiger partial charge in [-0.1, -0.05) is 30.3 Å². The predicted octanol–water partition coefficient (Wildman–Crippen LogP) is 4.60. The van der Waals surface area contributed by atoms with Gasteiger partial charge in [0.2, 0.25) is 5.88 Å². The van der Waals surface area contributed by atoms with Gasteiger partial charge in [-0.05, 0) is 38.0 Å². The molecule has 1 aromatic carbocycles. The number of hydrogen-bond donors (Lipinski definition) is 1. The van der Waals surface area contributed by atoms with E-state index in [1.54, 1.807) is 20.8 Å². The molecule has 1 saturated heterocycles. The molecular weight excluding hydrogens is 392 g/mol. The molecule has 8 heteroatoms. The number of piperidine rings is 1. The first-order chi connectivity index (χ1) is 14.0. The van der Waals surface area contributed by atoms with E-state index in [1.165, 1.54) is 17.2 Å². The largest absolute Gasteiger partial charge is 0.471 e. The molecule has 1 atom stereocenters. The van der Waals surface area contributed by atoms with Crippen LogP contribution in [0.15, 0.2) is 42.6 Å². The Labute approximate surface area is 175 Å². The molecule has 0 saturated carbocycles. The smallest absolute Gasteiger partial charge is 0.410 e. The lowest BCUT2D eigenvalue weighted by molar-refractivity contribution is -0.0771. The van der Waals surface area contributed by atoms with Gasteiger partial charge in [-0.15, -0.1) is 0 Å². The zero-order valence-corrected chi connectivity index (χ0v) is 17.4. The highest BCUT2D eigenvalue weighted by atomic mass is 19.3. The molecule has 1 fully saturated rings. The minimum Gasteiger partial charge on any atom is -0.471 e. The third-order valence-electron chi connectivity index (χ3n) is 4.80. The number of carbonyl (C=O) groups is 1. The molecule has 0 radical (unpaired) electrons. The number of carbonyl (C=O) groups excluding carboxylic acids is 1. The molecule has 30 heavy (non-hydrogen) atoms. The summed E-state index contributed by atoms with van der Waals surface area (Å²) in [5.41, 5.74) is 6.70. The van der Waals surface area contributed by atoms with Gasteiger partial charge < -0.3 is 20.1 Å². The van der Waals surface area contributed by atoms with Crippen LogP contribution in [-0.4, -0.2) is 40.6 Å². The Morgan fingerprint density at radius 1 is 1.30 bits per heavy atom. The molecule has 1 amide bonds. The van der Waals surface area contributed by atoms with Crippen molar-refractivity contribution in [3.05, 3.63) is 53.7 Å². The molecule has 162 valence electrons. The Bertz CT molecular complexity index is 885. The minimum atomic E-state index is -2.99. The predicted molar refractivity (Wildman–Crippen MR) is 110 cm³/mol. The number of amides is 1. The summed E-state index contributed by atoms with van der Waals surface area (Å²) in [6.07, 6.45) is 0.281. The van der Waals surface area contributed by atoms with Crippen LogP contribution in [0.25, 0.3) is 0 Å². The van der Waals surface area contributed by atoms with E-state index in [2.05, 4.69) is 4.98 Å². The van der Waals surface area contributed by atoms with Gasteiger partial charge in [0.15, 0.2) is 0 Å². The second-order valence-electron chi connectivity index (χ2n) is 8.43. The molecule has 0 spiro atoms. The molecule has 2 N–H and O–H groups in total. The van der Waals surface area contributed by atoms with E-state index in [-0.39, 0.29) is 36.8 Å². The average molecular weight is 419 g/mol. The molecule has 2 heterocycles. The number of benzene rings is 1. The van der Waals surface area contributed by atoms with Crippen LogP contribution in [-0.2, 0) is 11.3 Å². The monoisotopic (exact) mass is 419 g/mol. The fraction of sp³-hybridized carbons (Fsp3) is 0.455. The van der Waals surface area contributed by atoms with E-state index in [0.717, 1.165) is 5.56 Å². The number of nitrogens with zero attached hydrogens (tertiary/aromatic N) is 2. The summed E-state index contributed by atoms with van der Waals surface area (Å²) in [6.45, 7) is 5.23. The van der Waals surface area contributed by atoms with E-state index in [4.69, 9.17) is 15.2 Å². The summed E-state index contributed by atoms with van der Waals surface area (Å²) in [7, 11) is 0.